The molecule has 0 aliphatic carbocycles. The topological polar surface area (TPSA) is 48.2 Å². The van der Waals surface area contributed by atoms with Crippen molar-refractivity contribution in [3.63, 3.8) is 0 Å². The van der Waals surface area contributed by atoms with E-state index in [2.05, 4.69) is 17.1 Å². The molecule has 0 aromatic carbocycles. The van der Waals surface area contributed by atoms with Gasteiger partial charge in [-0.25, -0.2) is 0 Å². The summed E-state index contributed by atoms with van der Waals surface area (Å²) in [6.45, 7) is 4.98. The lowest BCUT2D eigenvalue weighted by atomic mass is 10.2. The van der Waals surface area contributed by atoms with E-state index in [-0.39, 0.29) is 5.38 Å². The second-order valence-electron chi connectivity index (χ2n) is 2.94. The third kappa shape index (κ3) is 3.27. The second-order valence-corrected chi connectivity index (χ2v) is 3.47. The highest BCUT2D eigenvalue weighted by Crippen LogP contribution is 2.22. The summed E-state index contributed by atoms with van der Waals surface area (Å²) in [5, 5.41) is 3.64. The van der Waals surface area contributed by atoms with Gasteiger partial charge >= 0.3 is 0 Å². The Labute approximate surface area is 88.6 Å². The van der Waals surface area contributed by atoms with E-state index >= 15 is 0 Å². The first-order chi connectivity index (χ1) is 6.77. The Morgan fingerprint density at radius 2 is 2.29 bits per heavy atom. The predicted octanol–water partition coefficient (Wildman–Crippen LogP) is 2.69. The second kappa shape index (κ2) is 5.98. The summed E-state index contributed by atoms with van der Waals surface area (Å²) in [6, 6.07) is 0. The molecule has 5 heteroatoms. The number of hydrogen-bond acceptors (Lipinski definition) is 4. The van der Waals surface area contributed by atoms with E-state index in [4.69, 9.17) is 20.9 Å². The van der Waals surface area contributed by atoms with Gasteiger partial charge in [0.15, 0.2) is 5.82 Å². The van der Waals surface area contributed by atoms with Crippen molar-refractivity contribution >= 4 is 11.6 Å². The molecular formula is C9H15ClN2O2. The number of hydrogen-bond donors (Lipinski definition) is 0. The zero-order valence-electron chi connectivity index (χ0n) is 8.49. The summed E-state index contributed by atoms with van der Waals surface area (Å²) in [7, 11) is 0. The Bertz CT molecular complexity index is 265. The van der Waals surface area contributed by atoms with E-state index in [1.54, 1.807) is 0 Å². The monoisotopic (exact) mass is 218 g/mol. The van der Waals surface area contributed by atoms with Crippen molar-refractivity contribution in [3.8, 4) is 0 Å². The fraction of sp³-hybridized carbons (Fsp3) is 0.778. The molecule has 14 heavy (non-hydrogen) atoms. The van der Waals surface area contributed by atoms with E-state index in [9.17, 15) is 0 Å². The van der Waals surface area contributed by atoms with E-state index < -0.39 is 0 Å². The summed E-state index contributed by atoms with van der Waals surface area (Å²) in [4.78, 5) is 4.13. The van der Waals surface area contributed by atoms with Crippen LogP contribution in [0.4, 0.5) is 0 Å². The molecule has 1 heterocycles. The van der Waals surface area contributed by atoms with Gasteiger partial charge in [-0.2, -0.15) is 4.98 Å². The minimum atomic E-state index is -0.154. The summed E-state index contributed by atoms with van der Waals surface area (Å²) in [5.74, 6) is 1.05. The van der Waals surface area contributed by atoms with Crippen LogP contribution in [0.2, 0.25) is 0 Å². The molecule has 0 radical (unpaired) electrons. The number of ether oxygens (including phenoxy) is 1. The maximum absolute atomic E-state index is 6.03. The number of nitrogens with zero attached hydrogens (tertiary/aromatic N) is 2. The van der Waals surface area contributed by atoms with Crippen LogP contribution in [0.5, 0.6) is 0 Å². The molecule has 4 nitrogen and oxygen atoms in total. The van der Waals surface area contributed by atoms with Gasteiger partial charge in [-0.15, -0.1) is 11.6 Å². The van der Waals surface area contributed by atoms with Gasteiger partial charge in [0, 0.05) is 6.61 Å². The Morgan fingerprint density at radius 1 is 1.50 bits per heavy atom. The van der Waals surface area contributed by atoms with Crippen molar-refractivity contribution in [2.75, 3.05) is 6.61 Å². The molecule has 1 atom stereocenters. The summed E-state index contributed by atoms with van der Waals surface area (Å²) in [5.41, 5.74) is 0. The zero-order valence-corrected chi connectivity index (χ0v) is 9.25. The molecule has 0 saturated carbocycles. The fourth-order valence-corrected chi connectivity index (χ4v) is 1.33. The lowest BCUT2D eigenvalue weighted by Gasteiger charge is -1.99. The quantitative estimate of drug-likeness (QED) is 0.689. The number of aromatic nitrogens is 2. The average molecular weight is 219 g/mol. The minimum absolute atomic E-state index is 0.154. The molecule has 1 rings (SSSR count). The first kappa shape index (κ1) is 11.5. The zero-order chi connectivity index (χ0) is 10.4. The lowest BCUT2D eigenvalue weighted by Crippen LogP contribution is -1.95. The molecule has 0 aliphatic heterocycles. The van der Waals surface area contributed by atoms with Gasteiger partial charge in [-0.05, 0) is 13.3 Å². The molecule has 0 aliphatic rings. The van der Waals surface area contributed by atoms with Crippen LogP contribution in [-0.2, 0) is 11.3 Å². The van der Waals surface area contributed by atoms with Crippen LogP contribution < -0.4 is 0 Å². The molecule has 0 fully saturated rings. The molecule has 0 N–H and O–H groups in total. The van der Waals surface area contributed by atoms with Crippen molar-refractivity contribution < 1.29 is 9.26 Å². The molecule has 1 aromatic heterocycles. The van der Waals surface area contributed by atoms with Gasteiger partial charge in [0.25, 0.3) is 5.89 Å². The smallest absolute Gasteiger partial charge is 0.252 e. The Kier molecular flexibility index (Phi) is 4.90. The third-order valence-corrected chi connectivity index (χ3v) is 2.15. The highest BCUT2D eigenvalue weighted by Gasteiger charge is 2.14. The fourth-order valence-electron chi connectivity index (χ4n) is 1.03. The summed E-state index contributed by atoms with van der Waals surface area (Å²) < 4.78 is 10.1. The maximum atomic E-state index is 6.03. The Hall–Kier alpha value is -0.610. The van der Waals surface area contributed by atoms with Crippen LogP contribution in [0.15, 0.2) is 4.52 Å². The van der Waals surface area contributed by atoms with E-state index in [1.165, 1.54) is 0 Å². The van der Waals surface area contributed by atoms with Crippen LogP contribution in [0.25, 0.3) is 0 Å². The van der Waals surface area contributed by atoms with Gasteiger partial charge in [-0.1, -0.05) is 18.5 Å². The van der Waals surface area contributed by atoms with Crippen molar-refractivity contribution in [2.24, 2.45) is 0 Å². The van der Waals surface area contributed by atoms with Crippen molar-refractivity contribution in [2.45, 2.75) is 38.7 Å². The number of alkyl halides is 1. The van der Waals surface area contributed by atoms with E-state index in [0.717, 1.165) is 12.8 Å². The first-order valence-corrected chi connectivity index (χ1v) is 5.25. The molecule has 0 saturated heterocycles. The van der Waals surface area contributed by atoms with Gasteiger partial charge in [-0.3, -0.25) is 0 Å². The highest BCUT2D eigenvalue weighted by molar-refractivity contribution is 6.20. The summed E-state index contributed by atoms with van der Waals surface area (Å²) in [6.07, 6.45) is 1.86. The molecule has 0 amide bonds. The first-order valence-electron chi connectivity index (χ1n) is 4.82. The van der Waals surface area contributed by atoms with Gasteiger partial charge in [0.1, 0.15) is 6.61 Å². The maximum Gasteiger partial charge on any atom is 0.252 e. The molecule has 0 spiro atoms. The average Bonchev–Trinajstić information content (AvgIpc) is 2.63. The standard InChI is InChI=1S/C9H15ClN2O2/c1-3-5-7(10)9-11-8(14-12-9)6-13-4-2/h7H,3-6H2,1-2H3. The van der Waals surface area contributed by atoms with Gasteiger partial charge < -0.3 is 9.26 Å². The molecular weight excluding hydrogens is 204 g/mol. The van der Waals surface area contributed by atoms with Crippen LogP contribution in [-0.4, -0.2) is 16.7 Å². The highest BCUT2D eigenvalue weighted by atomic mass is 35.5. The molecule has 0 bridgehead atoms. The lowest BCUT2D eigenvalue weighted by molar-refractivity contribution is 0.109. The largest absolute Gasteiger partial charge is 0.372 e. The van der Waals surface area contributed by atoms with Gasteiger partial charge in [0.05, 0.1) is 5.38 Å². The Morgan fingerprint density at radius 3 is 2.93 bits per heavy atom. The predicted molar refractivity (Wildman–Crippen MR) is 53.1 cm³/mol. The normalized spacial score (nSPS) is 13.1. The molecule has 1 aromatic rings. The van der Waals surface area contributed by atoms with Crippen LogP contribution in [0.3, 0.4) is 0 Å². The number of rotatable bonds is 6. The van der Waals surface area contributed by atoms with Crippen LogP contribution >= 0.6 is 11.6 Å². The summed E-state index contributed by atoms with van der Waals surface area (Å²) >= 11 is 6.03. The van der Waals surface area contributed by atoms with E-state index in [1.807, 2.05) is 6.92 Å². The molecule has 80 valence electrons. The van der Waals surface area contributed by atoms with Gasteiger partial charge in [0.2, 0.25) is 0 Å². The third-order valence-electron chi connectivity index (χ3n) is 1.74. The van der Waals surface area contributed by atoms with Crippen molar-refractivity contribution in [1.82, 2.24) is 10.1 Å². The number of halogens is 1. The van der Waals surface area contributed by atoms with Crippen molar-refractivity contribution in [3.05, 3.63) is 11.7 Å². The van der Waals surface area contributed by atoms with Crippen molar-refractivity contribution in [1.29, 1.82) is 0 Å². The Balaban J connectivity index is 2.49. The molecule has 1 unspecified atom stereocenters. The minimum Gasteiger partial charge on any atom is -0.372 e. The van der Waals surface area contributed by atoms with Crippen LogP contribution in [0, 0.1) is 0 Å². The SMILES string of the molecule is CCCC(Cl)c1noc(COCC)n1. The van der Waals surface area contributed by atoms with E-state index in [0.29, 0.717) is 24.9 Å². The van der Waals surface area contributed by atoms with Crippen LogP contribution in [0.1, 0.15) is 43.8 Å².